The molecule has 2 aromatic rings. The average molecular weight is 458 g/mol. The van der Waals surface area contributed by atoms with Gasteiger partial charge in [0.05, 0.1) is 27.0 Å². The first kappa shape index (κ1) is 21.2. The maximum atomic E-state index is 13.8. The third-order valence-electron chi connectivity index (χ3n) is 7.46. The Labute approximate surface area is 186 Å². The predicted octanol–water partition coefficient (Wildman–Crippen LogP) is 1.90. The number of benzene rings is 1. The standard InChI is InChI=1S/C22H23N2O7P/c1-8-9-5-4-6-12(25)13(9)17(26)14-10(8)7-11-16(24(2)3)18-15(21(31-32)23-30-18)20(28)22(11,29)19(14)27/h4-6,8,10-11,14,16,25,29H,7,32H2,1-3H3/t8-,10+,11-,14?,16-,22-/m0/s1. The summed E-state index contributed by atoms with van der Waals surface area (Å²) in [7, 11) is 5.48. The van der Waals surface area contributed by atoms with Crippen molar-refractivity contribution in [2.45, 2.75) is 30.9 Å². The second-order valence-corrected chi connectivity index (χ2v) is 9.33. The molecule has 1 saturated carbocycles. The van der Waals surface area contributed by atoms with Gasteiger partial charge in [-0.25, -0.2) is 0 Å². The van der Waals surface area contributed by atoms with Crippen LogP contribution in [-0.4, -0.2) is 57.3 Å². The number of phenols is 1. The number of aliphatic hydroxyl groups is 1. The number of aromatic nitrogens is 1. The minimum atomic E-state index is -2.44. The summed E-state index contributed by atoms with van der Waals surface area (Å²) in [5.74, 6) is -5.16. The SMILES string of the molecule is C[C@H]1c2cccc(O)c2C(=O)C2C(=O)[C@]3(O)C(=O)c4c(OP)noc4[C@@H](N(C)C)[C@@H]3C[C@@H]21. The van der Waals surface area contributed by atoms with Crippen molar-refractivity contribution < 1.29 is 33.6 Å². The fourth-order valence-corrected chi connectivity index (χ4v) is 6.16. The van der Waals surface area contributed by atoms with E-state index < -0.39 is 46.7 Å². The van der Waals surface area contributed by atoms with Gasteiger partial charge in [0, 0.05) is 5.92 Å². The number of Topliss-reactive ketones (excluding diaryl/α,β-unsaturated/α-hetero) is 3. The first-order valence-corrected chi connectivity index (χ1v) is 10.8. The third-order valence-corrected chi connectivity index (χ3v) is 7.69. The van der Waals surface area contributed by atoms with E-state index in [2.05, 4.69) is 5.16 Å². The van der Waals surface area contributed by atoms with Crippen molar-refractivity contribution in [3.63, 3.8) is 0 Å². The van der Waals surface area contributed by atoms with Crippen LogP contribution in [0.2, 0.25) is 0 Å². The van der Waals surface area contributed by atoms with E-state index in [-0.39, 0.29) is 40.9 Å². The first-order chi connectivity index (χ1) is 15.1. The molecule has 3 aliphatic carbocycles. The summed E-state index contributed by atoms with van der Waals surface area (Å²) < 4.78 is 10.5. The van der Waals surface area contributed by atoms with E-state index in [1.54, 1.807) is 31.1 Å². The van der Waals surface area contributed by atoms with Gasteiger partial charge in [-0.15, -0.1) is 0 Å². The minimum Gasteiger partial charge on any atom is -0.507 e. The lowest BCUT2D eigenvalue weighted by atomic mass is 9.52. The molecule has 0 aliphatic heterocycles. The van der Waals surface area contributed by atoms with Crippen molar-refractivity contribution in [3.05, 3.63) is 40.6 Å². The van der Waals surface area contributed by atoms with Gasteiger partial charge in [0.15, 0.2) is 22.9 Å². The Hall–Kier alpha value is -2.61. The predicted molar refractivity (Wildman–Crippen MR) is 113 cm³/mol. The number of ketones is 3. The number of fused-ring (bicyclic) bond motifs is 4. The molecule has 7 atom stereocenters. The van der Waals surface area contributed by atoms with Crippen LogP contribution in [0.3, 0.4) is 0 Å². The van der Waals surface area contributed by atoms with Crippen LogP contribution >= 0.6 is 9.47 Å². The highest BCUT2D eigenvalue weighted by Crippen LogP contribution is 2.57. The van der Waals surface area contributed by atoms with Gasteiger partial charge < -0.3 is 19.3 Å². The topological polar surface area (TPSA) is 130 Å². The second-order valence-electron chi connectivity index (χ2n) is 9.09. The fraction of sp³-hybridized carbons (Fsp3) is 0.455. The van der Waals surface area contributed by atoms with Crippen LogP contribution in [0.1, 0.15) is 57.3 Å². The number of carbonyl (C=O) groups excluding carboxylic acids is 3. The molecule has 1 aromatic carbocycles. The summed E-state index contributed by atoms with van der Waals surface area (Å²) in [4.78, 5) is 42.5. The molecule has 32 heavy (non-hydrogen) atoms. The Kier molecular flexibility index (Phi) is 4.61. The third kappa shape index (κ3) is 2.44. The number of phenolic OH excluding ortho intramolecular Hbond substituents is 1. The highest BCUT2D eigenvalue weighted by Gasteiger charge is 2.68. The van der Waals surface area contributed by atoms with Crippen molar-refractivity contribution in [2.24, 2.45) is 17.8 Å². The van der Waals surface area contributed by atoms with Gasteiger partial charge in [0.2, 0.25) is 5.78 Å². The molecular weight excluding hydrogens is 435 g/mol. The monoisotopic (exact) mass is 458 g/mol. The van der Waals surface area contributed by atoms with Crippen LogP contribution in [0.5, 0.6) is 11.6 Å². The van der Waals surface area contributed by atoms with E-state index in [4.69, 9.17) is 9.05 Å². The van der Waals surface area contributed by atoms with E-state index in [0.29, 0.717) is 5.56 Å². The molecule has 1 aromatic heterocycles. The summed E-state index contributed by atoms with van der Waals surface area (Å²) in [5.41, 5.74) is -1.78. The molecule has 5 rings (SSSR count). The molecule has 1 heterocycles. The van der Waals surface area contributed by atoms with Crippen LogP contribution in [0.4, 0.5) is 0 Å². The molecule has 0 radical (unpaired) electrons. The second kappa shape index (κ2) is 6.94. The number of aromatic hydroxyl groups is 1. The molecule has 168 valence electrons. The van der Waals surface area contributed by atoms with Gasteiger partial charge in [-0.3, -0.25) is 19.3 Å². The molecule has 0 amide bonds. The van der Waals surface area contributed by atoms with Crippen LogP contribution in [0.25, 0.3) is 0 Å². The summed E-state index contributed by atoms with van der Waals surface area (Å²) in [6.07, 6.45) is 0.237. The van der Waals surface area contributed by atoms with Crippen LogP contribution < -0.4 is 4.52 Å². The zero-order valence-corrected chi connectivity index (χ0v) is 18.9. The van der Waals surface area contributed by atoms with Crippen molar-refractivity contribution in [1.29, 1.82) is 0 Å². The number of nitrogens with zero attached hydrogens (tertiary/aromatic N) is 2. The van der Waals surface area contributed by atoms with E-state index in [0.717, 1.165) is 0 Å². The number of hydrogen-bond donors (Lipinski definition) is 2. The zero-order valence-electron chi connectivity index (χ0n) is 17.7. The van der Waals surface area contributed by atoms with E-state index >= 15 is 0 Å². The largest absolute Gasteiger partial charge is 0.507 e. The molecule has 10 heteroatoms. The Balaban J connectivity index is 1.71. The minimum absolute atomic E-state index is 0.0868. The zero-order chi connectivity index (χ0) is 23.1. The highest BCUT2D eigenvalue weighted by molar-refractivity contribution is 7.10. The van der Waals surface area contributed by atoms with E-state index in [1.807, 2.05) is 16.4 Å². The average Bonchev–Trinajstić information content (AvgIpc) is 3.17. The Morgan fingerprint density at radius 3 is 2.62 bits per heavy atom. The lowest BCUT2D eigenvalue weighted by Gasteiger charge is -2.52. The normalized spacial score (nSPS) is 33.4. The summed E-state index contributed by atoms with van der Waals surface area (Å²) in [6.45, 7) is 1.90. The maximum absolute atomic E-state index is 13.8. The van der Waals surface area contributed by atoms with Gasteiger partial charge in [0.1, 0.15) is 11.3 Å². The molecule has 3 aliphatic rings. The van der Waals surface area contributed by atoms with Crippen molar-refractivity contribution >= 4 is 26.8 Å². The number of hydrogen-bond acceptors (Lipinski definition) is 9. The fourth-order valence-electron chi connectivity index (χ4n) is 6.00. The molecule has 2 N–H and O–H groups in total. The van der Waals surface area contributed by atoms with Crippen molar-refractivity contribution in [1.82, 2.24) is 10.1 Å². The maximum Gasteiger partial charge on any atom is 0.267 e. The molecular formula is C22H23N2O7P. The van der Waals surface area contributed by atoms with Crippen molar-refractivity contribution in [3.8, 4) is 11.6 Å². The van der Waals surface area contributed by atoms with Gasteiger partial charge >= 0.3 is 0 Å². The van der Waals surface area contributed by atoms with Crippen molar-refractivity contribution in [2.75, 3.05) is 14.1 Å². The van der Waals surface area contributed by atoms with Crippen LogP contribution in [-0.2, 0) is 4.79 Å². The van der Waals surface area contributed by atoms with Crippen LogP contribution in [0, 0.1) is 17.8 Å². The van der Waals surface area contributed by atoms with Gasteiger partial charge in [-0.2, -0.15) is 0 Å². The van der Waals surface area contributed by atoms with E-state index in [9.17, 15) is 24.6 Å². The molecule has 2 unspecified atom stereocenters. The van der Waals surface area contributed by atoms with Gasteiger partial charge in [-0.1, -0.05) is 19.1 Å². The Morgan fingerprint density at radius 1 is 1.25 bits per heavy atom. The molecule has 0 bridgehead atoms. The van der Waals surface area contributed by atoms with Gasteiger partial charge in [0.25, 0.3) is 5.88 Å². The summed E-state index contributed by atoms with van der Waals surface area (Å²) in [5, 5.41) is 25.9. The number of carbonyl (C=O) groups is 3. The first-order valence-electron chi connectivity index (χ1n) is 10.3. The quantitative estimate of drug-likeness (QED) is 0.512. The lowest BCUT2D eigenvalue weighted by Crippen LogP contribution is -2.66. The van der Waals surface area contributed by atoms with Gasteiger partial charge in [-0.05, 0) is 49.1 Å². The Bertz CT molecular complexity index is 1180. The Morgan fingerprint density at radius 2 is 1.97 bits per heavy atom. The lowest BCUT2D eigenvalue weighted by molar-refractivity contribution is -0.154. The van der Waals surface area contributed by atoms with Crippen LogP contribution in [0.15, 0.2) is 22.7 Å². The molecule has 9 nitrogen and oxygen atoms in total. The number of rotatable bonds is 2. The highest BCUT2D eigenvalue weighted by atomic mass is 31.0. The molecule has 0 spiro atoms. The summed E-state index contributed by atoms with van der Waals surface area (Å²) in [6, 6.07) is 4.20. The smallest absolute Gasteiger partial charge is 0.267 e. The van der Waals surface area contributed by atoms with E-state index in [1.165, 1.54) is 6.07 Å². The molecule has 1 fully saturated rings. The summed E-state index contributed by atoms with van der Waals surface area (Å²) >= 11 is 0. The molecule has 0 saturated heterocycles.